The van der Waals surface area contributed by atoms with Crippen molar-refractivity contribution in [3.63, 3.8) is 0 Å². The smallest absolute Gasteiger partial charge is 0.343 e. The maximum Gasteiger partial charge on any atom is 0.343 e. The first-order valence-corrected chi connectivity index (χ1v) is 12.9. The van der Waals surface area contributed by atoms with Crippen LogP contribution in [-0.4, -0.2) is 52.1 Å². The lowest BCUT2D eigenvalue weighted by molar-refractivity contribution is 0.0951. The molecule has 10 heteroatoms. The van der Waals surface area contributed by atoms with Gasteiger partial charge in [0.05, 0.1) is 17.6 Å². The first kappa shape index (κ1) is 25.5. The molecular formula is C24H32N4O5S. The van der Waals surface area contributed by atoms with Crippen LogP contribution in [0.15, 0.2) is 53.4 Å². The number of ether oxygens (including phenoxy) is 1. The molecule has 1 heterocycles. The van der Waals surface area contributed by atoms with Crippen LogP contribution in [0.4, 0.5) is 4.79 Å². The maximum atomic E-state index is 12.9. The summed E-state index contributed by atoms with van der Waals surface area (Å²) in [7, 11) is -2.60. The lowest BCUT2D eigenvalue weighted by Crippen LogP contribution is -2.51. The Morgan fingerprint density at radius 2 is 1.74 bits per heavy atom. The number of urea groups is 1. The van der Waals surface area contributed by atoms with E-state index >= 15 is 0 Å². The van der Waals surface area contributed by atoms with Gasteiger partial charge in [-0.1, -0.05) is 43.7 Å². The van der Waals surface area contributed by atoms with E-state index in [0.717, 1.165) is 19.3 Å². The van der Waals surface area contributed by atoms with Crippen molar-refractivity contribution in [1.29, 1.82) is 0 Å². The molecule has 0 aliphatic carbocycles. The molecule has 0 saturated carbocycles. The molecule has 3 N–H and O–H groups in total. The van der Waals surface area contributed by atoms with Gasteiger partial charge in [-0.15, -0.1) is 0 Å². The molecule has 3 rings (SSSR count). The fourth-order valence-corrected chi connectivity index (χ4v) is 5.18. The number of nitrogens with one attached hydrogen (secondary N) is 3. The van der Waals surface area contributed by atoms with Crippen molar-refractivity contribution >= 4 is 22.0 Å². The van der Waals surface area contributed by atoms with Gasteiger partial charge in [-0.25, -0.2) is 22.9 Å². The Morgan fingerprint density at radius 1 is 1.06 bits per heavy atom. The second-order valence-corrected chi connectivity index (χ2v) is 9.85. The standard InChI is InChI=1S/C24H32N4O5S/c1-3-18-13-16-28(17-14-18)26-24(30)27-34(31,32)22-11-7-4-8-19(22)12-15-25-23(29)20-9-5-6-10-21(20)33-2/h4-11,18H,3,12-17H2,1-2H3,(H,25,29)(H2,26,27,30). The first-order valence-electron chi connectivity index (χ1n) is 11.4. The van der Waals surface area contributed by atoms with E-state index in [9.17, 15) is 18.0 Å². The van der Waals surface area contributed by atoms with Crippen molar-refractivity contribution in [3.8, 4) is 5.75 Å². The summed E-state index contributed by atoms with van der Waals surface area (Å²) in [6.45, 7) is 3.74. The van der Waals surface area contributed by atoms with Crippen LogP contribution in [0.2, 0.25) is 0 Å². The van der Waals surface area contributed by atoms with Gasteiger partial charge in [0.25, 0.3) is 15.9 Å². The van der Waals surface area contributed by atoms with Crippen LogP contribution in [0, 0.1) is 5.92 Å². The molecule has 0 spiro atoms. The van der Waals surface area contributed by atoms with Gasteiger partial charge < -0.3 is 10.1 Å². The van der Waals surface area contributed by atoms with Gasteiger partial charge in [-0.05, 0) is 48.9 Å². The zero-order chi connectivity index (χ0) is 24.6. The summed E-state index contributed by atoms with van der Waals surface area (Å²) in [6, 6.07) is 12.5. The molecule has 1 fully saturated rings. The number of nitrogens with zero attached hydrogens (tertiary/aromatic N) is 1. The number of carbonyl (C=O) groups is 2. The molecule has 34 heavy (non-hydrogen) atoms. The van der Waals surface area contributed by atoms with Crippen molar-refractivity contribution in [2.45, 2.75) is 37.5 Å². The molecule has 1 saturated heterocycles. The normalized spacial score (nSPS) is 14.9. The summed E-state index contributed by atoms with van der Waals surface area (Å²) in [5.41, 5.74) is 3.52. The highest BCUT2D eigenvalue weighted by Gasteiger charge is 2.24. The molecule has 9 nitrogen and oxygen atoms in total. The Morgan fingerprint density at radius 3 is 2.44 bits per heavy atom. The maximum absolute atomic E-state index is 12.9. The van der Waals surface area contributed by atoms with Crippen LogP contribution in [-0.2, 0) is 16.4 Å². The van der Waals surface area contributed by atoms with E-state index in [1.54, 1.807) is 47.5 Å². The lowest BCUT2D eigenvalue weighted by Gasteiger charge is -2.31. The molecule has 1 aliphatic heterocycles. The zero-order valence-electron chi connectivity index (χ0n) is 19.5. The van der Waals surface area contributed by atoms with Gasteiger partial charge in [0.1, 0.15) is 5.75 Å². The number of carbonyl (C=O) groups excluding carboxylic acids is 2. The molecule has 0 aromatic heterocycles. The molecule has 0 unspecified atom stereocenters. The Balaban J connectivity index is 1.59. The summed E-state index contributed by atoms with van der Waals surface area (Å²) in [4.78, 5) is 24.9. The van der Waals surface area contributed by atoms with Crippen LogP contribution >= 0.6 is 0 Å². The SMILES string of the molecule is CCC1CCN(NC(=O)NS(=O)(=O)c2ccccc2CCNC(=O)c2ccccc2OC)CC1. The summed E-state index contributed by atoms with van der Waals surface area (Å²) in [6.07, 6.45) is 3.30. The molecule has 1 aliphatic rings. The van der Waals surface area contributed by atoms with E-state index in [0.29, 0.717) is 35.9 Å². The number of benzene rings is 2. The molecule has 3 amide bonds. The minimum atomic E-state index is -4.09. The number of rotatable bonds is 9. The summed E-state index contributed by atoms with van der Waals surface area (Å²) < 4.78 is 33.1. The molecule has 2 aromatic carbocycles. The lowest BCUT2D eigenvalue weighted by atomic mass is 9.95. The Kier molecular flexibility index (Phi) is 8.89. The van der Waals surface area contributed by atoms with Crippen molar-refractivity contribution in [3.05, 3.63) is 59.7 Å². The molecule has 184 valence electrons. The van der Waals surface area contributed by atoms with Crippen molar-refractivity contribution in [1.82, 2.24) is 20.5 Å². The molecule has 0 atom stereocenters. The summed E-state index contributed by atoms with van der Waals surface area (Å²) in [5, 5.41) is 4.53. The van der Waals surface area contributed by atoms with E-state index in [2.05, 4.69) is 22.4 Å². The average Bonchev–Trinajstić information content (AvgIpc) is 2.84. The van der Waals surface area contributed by atoms with Crippen LogP contribution in [0.5, 0.6) is 5.75 Å². The monoisotopic (exact) mass is 488 g/mol. The van der Waals surface area contributed by atoms with Crippen molar-refractivity contribution in [2.24, 2.45) is 5.92 Å². The Hall–Kier alpha value is -3.11. The van der Waals surface area contributed by atoms with E-state index in [1.165, 1.54) is 13.2 Å². The summed E-state index contributed by atoms with van der Waals surface area (Å²) >= 11 is 0. The number of para-hydroxylation sites is 1. The Bertz CT molecular complexity index is 1100. The second kappa shape index (κ2) is 11.8. The van der Waals surface area contributed by atoms with Crippen LogP contribution in [0.25, 0.3) is 0 Å². The van der Waals surface area contributed by atoms with Crippen LogP contribution in [0.3, 0.4) is 0 Å². The number of methoxy groups -OCH3 is 1. The number of hydrogen-bond acceptors (Lipinski definition) is 6. The van der Waals surface area contributed by atoms with Gasteiger partial charge >= 0.3 is 6.03 Å². The number of hydrazine groups is 1. The predicted molar refractivity (Wildman–Crippen MR) is 129 cm³/mol. The number of sulfonamides is 1. The fourth-order valence-electron chi connectivity index (χ4n) is 4.01. The van der Waals surface area contributed by atoms with E-state index in [-0.39, 0.29) is 23.8 Å². The molecule has 2 aromatic rings. The minimum absolute atomic E-state index is 0.00128. The first-order chi connectivity index (χ1) is 16.3. The van der Waals surface area contributed by atoms with Crippen molar-refractivity contribution < 1.29 is 22.7 Å². The highest BCUT2D eigenvalue weighted by atomic mass is 32.2. The molecule has 0 bridgehead atoms. The minimum Gasteiger partial charge on any atom is -0.496 e. The average molecular weight is 489 g/mol. The van der Waals surface area contributed by atoms with Gasteiger partial charge in [0, 0.05) is 19.6 Å². The number of piperidine rings is 1. The molecule has 0 radical (unpaired) electrons. The van der Waals surface area contributed by atoms with Gasteiger partial charge in [0.15, 0.2) is 0 Å². The topological polar surface area (TPSA) is 117 Å². The summed E-state index contributed by atoms with van der Waals surface area (Å²) in [5.74, 6) is 0.777. The number of hydrogen-bond donors (Lipinski definition) is 3. The van der Waals surface area contributed by atoms with Gasteiger partial charge in [-0.2, -0.15) is 0 Å². The highest BCUT2D eigenvalue weighted by molar-refractivity contribution is 7.90. The molecular weight excluding hydrogens is 456 g/mol. The third kappa shape index (κ3) is 6.71. The number of amides is 3. The highest BCUT2D eigenvalue weighted by Crippen LogP contribution is 2.20. The van der Waals surface area contributed by atoms with Gasteiger partial charge in [0.2, 0.25) is 0 Å². The predicted octanol–water partition coefficient (Wildman–Crippen LogP) is 2.69. The van der Waals surface area contributed by atoms with Crippen LogP contribution in [0.1, 0.15) is 42.1 Å². The second-order valence-electron chi connectivity index (χ2n) is 8.20. The zero-order valence-corrected chi connectivity index (χ0v) is 20.4. The third-order valence-corrected chi connectivity index (χ3v) is 7.40. The van der Waals surface area contributed by atoms with E-state index < -0.39 is 16.1 Å². The third-order valence-electron chi connectivity index (χ3n) is 5.97. The van der Waals surface area contributed by atoms with Crippen LogP contribution < -0.4 is 20.2 Å². The largest absolute Gasteiger partial charge is 0.496 e. The van der Waals surface area contributed by atoms with E-state index in [1.807, 2.05) is 0 Å². The van der Waals surface area contributed by atoms with E-state index in [4.69, 9.17) is 4.74 Å². The fraction of sp³-hybridized carbons (Fsp3) is 0.417. The quantitative estimate of drug-likeness (QED) is 0.500. The Labute approximate surface area is 200 Å². The van der Waals surface area contributed by atoms with Crippen molar-refractivity contribution in [2.75, 3.05) is 26.7 Å². The van der Waals surface area contributed by atoms with Gasteiger partial charge in [-0.3, -0.25) is 10.2 Å².